The Morgan fingerprint density at radius 1 is 1.04 bits per heavy atom. The Bertz CT molecular complexity index is 1730. The lowest BCUT2D eigenvalue weighted by Crippen LogP contribution is -2.61. The van der Waals surface area contributed by atoms with Crippen LogP contribution in [0.3, 0.4) is 0 Å². The molecule has 3 fully saturated rings. The number of likely N-dealkylation sites (N-methyl/N-ethyl adjacent to an activating group) is 1. The molecule has 9 atom stereocenters. The molecule has 3 saturated heterocycles. The van der Waals surface area contributed by atoms with E-state index in [4.69, 9.17) is 9.47 Å². The Morgan fingerprint density at radius 2 is 1.64 bits per heavy atom. The lowest BCUT2D eigenvalue weighted by Gasteiger charge is -2.46. The molecule has 3 amide bonds. The molecule has 298 valence electrons. The molecule has 0 radical (unpaired) electrons. The van der Waals surface area contributed by atoms with Gasteiger partial charge in [0, 0.05) is 30.4 Å². The van der Waals surface area contributed by atoms with Crippen molar-refractivity contribution < 1.29 is 33.8 Å². The number of hydrogen-bond acceptors (Lipinski definition) is 7. The number of esters is 1. The van der Waals surface area contributed by atoms with E-state index in [-0.39, 0.29) is 35.0 Å². The number of carbonyl (C=O) groups excluding carboxylic acids is 4. The number of benzene rings is 2. The minimum atomic E-state index is -1.40. The summed E-state index contributed by atoms with van der Waals surface area (Å²) in [6.45, 7) is 19.7. The molecule has 3 aliphatic rings. The summed E-state index contributed by atoms with van der Waals surface area (Å²) in [6.07, 6.45) is 3.46. The lowest BCUT2D eigenvalue weighted by atomic mass is 9.70. The maximum Gasteiger partial charge on any atom is 0.313 e. The van der Waals surface area contributed by atoms with Crippen molar-refractivity contribution in [2.45, 2.75) is 114 Å². The van der Waals surface area contributed by atoms with Crippen molar-refractivity contribution in [3.05, 3.63) is 97.1 Å². The average Bonchev–Trinajstić information content (AvgIpc) is 3.74. The quantitative estimate of drug-likeness (QED) is 0.113. The fraction of sp³-hybridized carbons (Fsp3) is 0.545. The maximum absolute atomic E-state index is 15.4. The van der Waals surface area contributed by atoms with Crippen molar-refractivity contribution >= 4 is 39.6 Å². The third-order valence-corrected chi connectivity index (χ3v) is 12.4. The number of nitrogens with zero attached hydrogens (tertiary/aromatic N) is 3. The van der Waals surface area contributed by atoms with Crippen LogP contribution in [0.4, 0.5) is 0 Å². The number of rotatable bonds is 16. The van der Waals surface area contributed by atoms with Crippen molar-refractivity contribution in [3.8, 4) is 0 Å². The van der Waals surface area contributed by atoms with Crippen LogP contribution >= 0.6 is 15.9 Å². The Morgan fingerprint density at radius 3 is 2.18 bits per heavy atom. The van der Waals surface area contributed by atoms with Crippen LogP contribution in [0.1, 0.15) is 90.5 Å². The smallest absolute Gasteiger partial charge is 0.313 e. The first-order valence-electron chi connectivity index (χ1n) is 19.3. The zero-order valence-electron chi connectivity index (χ0n) is 33.3. The zero-order chi connectivity index (χ0) is 40.5. The molecular weight excluding hydrogens is 762 g/mol. The van der Waals surface area contributed by atoms with E-state index < -0.39 is 71.8 Å². The molecule has 1 N–H and O–H groups in total. The van der Waals surface area contributed by atoms with E-state index in [1.807, 2.05) is 81.4 Å². The van der Waals surface area contributed by atoms with Crippen LogP contribution in [0.2, 0.25) is 0 Å². The van der Waals surface area contributed by atoms with Gasteiger partial charge >= 0.3 is 5.97 Å². The first-order chi connectivity index (χ1) is 25.9. The number of alkyl halides is 1. The molecule has 11 heteroatoms. The Balaban J connectivity index is 1.60. The zero-order valence-corrected chi connectivity index (χ0v) is 34.9. The predicted molar refractivity (Wildman–Crippen MR) is 216 cm³/mol. The monoisotopic (exact) mass is 819 g/mol. The van der Waals surface area contributed by atoms with Crippen LogP contribution in [0.25, 0.3) is 0 Å². The summed E-state index contributed by atoms with van der Waals surface area (Å²) in [4.78, 5) is 63.0. The molecule has 0 saturated carbocycles. The lowest BCUT2D eigenvalue weighted by molar-refractivity contribution is -0.165. The second kappa shape index (κ2) is 16.7. The number of amides is 3. The van der Waals surface area contributed by atoms with Crippen molar-refractivity contribution in [1.29, 1.82) is 0 Å². The Hall–Kier alpha value is -3.80. The normalized spacial score (nSPS) is 26.2. The van der Waals surface area contributed by atoms with Crippen LogP contribution in [0, 0.1) is 17.3 Å². The molecule has 5 rings (SSSR count). The number of fused-ring (bicyclic) bond motifs is 1. The van der Waals surface area contributed by atoms with Gasteiger partial charge in [-0.3, -0.25) is 19.2 Å². The number of halogens is 1. The van der Waals surface area contributed by atoms with Gasteiger partial charge in [-0.25, -0.2) is 0 Å². The molecule has 1 spiro atoms. The van der Waals surface area contributed by atoms with Crippen LogP contribution in [0.5, 0.6) is 0 Å². The van der Waals surface area contributed by atoms with Crippen LogP contribution < -0.4 is 0 Å². The minimum absolute atomic E-state index is 0.121. The summed E-state index contributed by atoms with van der Waals surface area (Å²) in [5.74, 6) is -3.68. The molecule has 0 aromatic heterocycles. The van der Waals surface area contributed by atoms with Gasteiger partial charge in [0.2, 0.25) is 17.7 Å². The molecule has 55 heavy (non-hydrogen) atoms. The number of allylic oxidation sites excluding steroid dienone is 1. The summed E-state index contributed by atoms with van der Waals surface area (Å²) < 4.78 is 13.3. The number of aliphatic hydroxyl groups excluding tert-OH is 1. The number of carbonyl (C=O) groups is 4. The van der Waals surface area contributed by atoms with E-state index in [1.54, 1.807) is 29.0 Å². The molecule has 2 aromatic rings. The maximum atomic E-state index is 15.4. The van der Waals surface area contributed by atoms with Crippen LogP contribution in [-0.4, -0.2) is 97.9 Å². The number of ether oxygens (including phenoxy) is 2. The van der Waals surface area contributed by atoms with Crippen molar-refractivity contribution in [1.82, 2.24) is 14.7 Å². The van der Waals surface area contributed by atoms with E-state index >= 15 is 9.59 Å². The molecule has 0 aliphatic carbocycles. The number of likely N-dealkylation sites (tertiary alicyclic amines) is 1. The van der Waals surface area contributed by atoms with E-state index in [0.717, 1.165) is 0 Å². The highest BCUT2D eigenvalue weighted by atomic mass is 79.9. The van der Waals surface area contributed by atoms with Gasteiger partial charge in [-0.15, -0.1) is 13.2 Å². The highest BCUT2D eigenvalue weighted by molar-refractivity contribution is 9.09. The SMILES string of the molecule is C=CCCC(=O)N(C)[C@H](C)[C@H](OC(=O)[C@@H]1[C@H]2O[C@@]3(CC2Br)[C@H](C(=O)N(CC=C)C(C)(C)CC(C)(C)C)N([C@H](CO)c2ccccc2)C(=O)[C@@H]13)c1ccccc1. The molecule has 2 aromatic carbocycles. The van der Waals surface area contributed by atoms with Gasteiger partial charge in [0.15, 0.2) is 0 Å². The molecule has 3 heterocycles. The van der Waals surface area contributed by atoms with E-state index in [0.29, 0.717) is 30.4 Å². The fourth-order valence-electron chi connectivity index (χ4n) is 9.41. The third kappa shape index (κ3) is 8.21. The van der Waals surface area contributed by atoms with Gasteiger partial charge in [-0.05, 0) is 56.6 Å². The molecule has 1 unspecified atom stereocenters. The highest BCUT2D eigenvalue weighted by Gasteiger charge is 2.78. The minimum Gasteiger partial charge on any atom is -0.455 e. The second-order valence-electron chi connectivity index (χ2n) is 17.1. The van der Waals surface area contributed by atoms with Gasteiger partial charge < -0.3 is 29.3 Å². The Kier molecular flexibility index (Phi) is 12.9. The summed E-state index contributed by atoms with van der Waals surface area (Å²) in [5, 5.41) is 11.0. The van der Waals surface area contributed by atoms with Gasteiger partial charge in [-0.1, -0.05) is 110 Å². The summed E-state index contributed by atoms with van der Waals surface area (Å²) in [5.41, 5.74) is -0.851. The number of aliphatic hydroxyl groups is 1. The summed E-state index contributed by atoms with van der Waals surface area (Å²) in [6, 6.07) is 15.8. The number of hydrogen-bond donors (Lipinski definition) is 1. The standard InChI is InChI=1S/C44H58BrN3O7/c1-10-12-23-33(50)46(9)28(3)36(30-21-17-14-18-22-30)54-41(53)34-35-39(51)48(32(26-49)29-19-15-13-16-20-29)38(44(35)25-31(45)37(34)55-44)40(52)47(24-11-2)43(7,8)27-42(4,5)6/h10-11,13-22,28,31-32,34-38,49H,1-2,12,23-27H2,3-9H3/t28-,31?,32-,34+,35-,36+,37+,38+,44-/m1/s1. The third-order valence-electron chi connectivity index (χ3n) is 11.6. The van der Waals surface area contributed by atoms with Gasteiger partial charge in [0.1, 0.15) is 17.7 Å². The molecule has 10 nitrogen and oxygen atoms in total. The van der Waals surface area contributed by atoms with Gasteiger partial charge in [0.25, 0.3) is 0 Å². The van der Waals surface area contributed by atoms with Gasteiger partial charge in [-0.2, -0.15) is 0 Å². The molecular formula is C44H58BrN3O7. The topological polar surface area (TPSA) is 117 Å². The van der Waals surface area contributed by atoms with Crippen molar-refractivity contribution in [3.63, 3.8) is 0 Å². The fourth-order valence-corrected chi connectivity index (χ4v) is 10.4. The van der Waals surface area contributed by atoms with Gasteiger partial charge in [0.05, 0.1) is 36.6 Å². The first kappa shape index (κ1) is 42.3. The van der Waals surface area contributed by atoms with Crippen LogP contribution in [-0.2, 0) is 28.7 Å². The second-order valence-corrected chi connectivity index (χ2v) is 18.3. The summed E-state index contributed by atoms with van der Waals surface area (Å²) >= 11 is 3.79. The molecule has 3 aliphatic heterocycles. The van der Waals surface area contributed by atoms with Crippen LogP contribution in [0.15, 0.2) is 86.0 Å². The average molecular weight is 821 g/mol. The first-order valence-corrected chi connectivity index (χ1v) is 20.2. The largest absolute Gasteiger partial charge is 0.455 e. The van der Waals surface area contributed by atoms with Crippen molar-refractivity contribution in [2.24, 2.45) is 17.3 Å². The predicted octanol–water partition coefficient (Wildman–Crippen LogP) is 6.80. The summed E-state index contributed by atoms with van der Waals surface area (Å²) in [7, 11) is 1.69. The van der Waals surface area contributed by atoms with E-state index in [9.17, 15) is 14.7 Å². The molecule has 2 bridgehead atoms. The van der Waals surface area contributed by atoms with E-state index in [1.165, 1.54) is 4.90 Å². The van der Waals surface area contributed by atoms with Crippen molar-refractivity contribution in [2.75, 3.05) is 20.2 Å². The highest BCUT2D eigenvalue weighted by Crippen LogP contribution is 2.62. The van der Waals surface area contributed by atoms with E-state index in [2.05, 4.69) is 49.9 Å². The Labute approximate surface area is 335 Å².